The lowest BCUT2D eigenvalue weighted by Gasteiger charge is -2.11. The van der Waals surface area contributed by atoms with Crippen LogP contribution in [0, 0.1) is 6.92 Å². The fraction of sp³-hybridized carbons (Fsp3) is 0.364. The SMILES string of the molecule is Cc1ccccc1C(O)Cc1nnn(C)n1. The zero-order chi connectivity index (χ0) is 11.5. The highest BCUT2D eigenvalue weighted by Gasteiger charge is 2.13. The number of aliphatic hydroxyl groups excluding tert-OH is 1. The number of tetrazole rings is 1. The summed E-state index contributed by atoms with van der Waals surface area (Å²) in [6.45, 7) is 1.97. The van der Waals surface area contributed by atoms with Crippen LogP contribution in [-0.2, 0) is 13.5 Å². The van der Waals surface area contributed by atoms with E-state index in [1.165, 1.54) is 4.80 Å². The molecule has 2 aromatic rings. The van der Waals surface area contributed by atoms with Crippen LogP contribution in [-0.4, -0.2) is 25.3 Å². The second kappa shape index (κ2) is 4.40. The van der Waals surface area contributed by atoms with Crippen molar-refractivity contribution >= 4 is 0 Å². The summed E-state index contributed by atoms with van der Waals surface area (Å²) in [5.41, 5.74) is 1.98. The Kier molecular flexibility index (Phi) is 2.96. The van der Waals surface area contributed by atoms with Gasteiger partial charge in [-0.25, -0.2) is 0 Å². The normalized spacial score (nSPS) is 12.7. The molecule has 1 N–H and O–H groups in total. The van der Waals surface area contributed by atoms with Crippen molar-refractivity contribution in [3.8, 4) is 0 Å². The fourth-order valence-corrected chi connectivity index (χ4v) is 1.65. The van der Waals surface area contributed by atoms with Gasteiger partial charge < -0.3 is 5.11 Å². The number of rotatable bonds is 3. The fourth-order valence-electron chi connectivity index (χ4n) is 1.65. The molecule has 0 saturated heterocycles. The first-order valence-corrected chi connectivity index (χ1v) is 5.13. The molecule has 0 fully saturated rings. The minimum atomic E-state index is -0.578. The third-order valence-electron chi connectivity index (χ3n) is 2.47. The number of hydrogen-bond acceptors (Lipinski definition) is 4. The summed E-state index contributed by atoms with van der Waals surface area (Å²) >= 11 is 0. The topological polar surface area (TPSA) is 63.8 Å². The van der Waals surface area contributed by atoms with E-state index in [1.807, 2.05) is 31.2 Å². The first kappa shape index (κ1) is 10.8. The number of aryl methyl sites for hydroxylation is 2. The van der Waals surface area contributed by atoms with E-state index in [0.717, 1.165) is 11.1 Å². The Hall–Kier alpha value is -1.75. The second-order valence-corrected chi connectivity index (χ2v) is 3.77. The standard InChI is InChI=1S/C11H14N4O/c1-8-5-3-4-6-9(8)10(16)7-11-12-14-15(2)13-11/h3-6,10,16H,7H2,1-2H3. The van der Waals surface area contributed by atoms with E-state index < -0.39 is 6.10 Å². The molecule has 1 heterocycles. The van der Waals surface area contributed by atoms with Gasteiger partial charge in [-0.15, -0.1) is 10.2 Å². The minimum absolute atomic E-state index is 0.388. The van der Waals surface area contributed by atoms with Crippen molar-refractivity contribution in [1.82, 2.24) is 20.2 Å². The van der Waals surface area contributed by atoms with Crippen LogP contribution in [0.25, 0.3) is 0 Å². The third-order valence-corrected chi connectivity index (χ3v) is 2.47. The van der Waals surface area contributed by atoms with E-state index in [4.69, 9.17) is 0 Å². The van der Waals surface area contributed by atoms with Gasteiger partial charge in [-0.1, -0.05) is 24.3 Å². The molecule has 2 rings (SSSR count). The number of aliphatic hydroxyl groups is 1. The van der Waals surface area contributed by atoms with Gasteiger partial charge in [0.2, 0.25) is 0 Å². The first-order valence-electron chi connectivity index (χ1n) is 5.13. The molecule has 1 aromatic heterocycles. The zero-order valence-corrected chi connectivity index (χ0v) is 9.33. The predicted octanol–water partition coefficient (Wildman–Crippen LogP) is 0.795. The van der Waals surface area contributed by atoms with Gasteiger partial charge in [-0.2, -0.15) is 4.80 Å². The number of nitrogens with zero attached hydrogens (tertiary/aromatic N) is 4. The third kappa shape index (κ3) is 2.25. The molecule has 0 spiro atoms. The minimum Gasteiger partial charge on any atom is -0.388 e. The Balaban J connectivity index is 2.14. The van der Waals surface area contributed by atoms with Crippen molar-refractivity contribution in [2.45, 2.75) is 19.4 Å². The average Bonchev–Trinajstić information content (AvgIpc) is 2.64. The number of hydrogen-bond donors (Lipinski definition) is 1. The monoisotopic (exact) mass is 218 g/mol. The molecule has 0 aliphatic carbocycles. The summed E-state index contributed by atoms with van der Waals surface area (Å²) in [4.78, 5) is 1.39. The molecule has 0 bridgehead atoms. The smallest absolute Gasteiger partial charge is 0.177 e. The maximum atomic E-state index is 10.0. The van der Waals surface area contributed by atoms with Crippen LogP contribution in [0.1, 0.15) is 23.1 Å². The second-order valence-electron chi connectivity index (χ2n) is 3.77. The molecule has 16 heavy (non-hydrogen) atoms. The van der Waals surface area contributed by atoms with Crippen molar-refractivity contribution in [3.63, 3.8) is 0 Å². The highest BCUT2D eigenvalue weighted by Crippen LogP contribution is 2.19. The van der Waals surface area contributed by atoms with E-state index in [1.54, 1.807) is 7.05 Å². The lowest BCUT2D eigenvalue weighted by atomic mass is 10.0. The molecule has 5 heteroatoms. The van der Waals surface area contributed by atoms with Crippen molar-refractivity contribution in [1.29, 1.82) is 0 Å². The van der Waals surface area contributed by atoms with Gasteiger partial charge in [0.1, 0.15) is 0 Å². The lowest BCUT2D eigenvalue weighted by Crippen LogP contribution is -2.05. The summed E-state index contributed by atoms with van der Waals surface area (Å²) in [5.74, 6) is 0.554. The molecule has 1 aromatic carbocycles. The van der Waals surface area contributed by atoms with Crippen LogP contribution in [0.15, 0.2) is 24.3 Å². The molecule has 0 aliphatic heterocycles. The quantitative estimate of drug-likeness (QED) is 0.827. The molecular weight excluding hydrogens is 204 g/mol. The Morgan fingerprint density at radius 3 is 2.75 bits per heavy atom. The van der Waals surface area contributed by atoms with Crippen LogP contribution in [0.5, 0.6) is 0 Å². The Bertz CT molecular complexity index is 480. The Morgan fingerprint density at radius 2 is 2.12 bits per heavy atom. The zero-order valence-electron chi connectivity index (χ0n) is 9.33. The van der Waals surface area contributed by atoms with Crippen LogP contribution >= 0.6 is 0 Å². The van der Waals surface area contributed by atoms with Gasteiger partial charge in [0.25, 0.3) is 0 Å². The molecule has 1 unspecified atom stereocenters. The largest absolute Gasteiger partial charge is 0.388 e. The summed E-state index contributed by atoms with van der Waals surface area (Å²) in [5, 5.41) is 21.7. The lowest BCUT2D eigenvalue weighted by molar-refractivity contribution is 0.175. The Labute approximate surface area is 93.7 Å². The predicted molar refractivity (Wildman–Crippen MR) is 58.6 cm³/mol. The van der Waals surface area contributed by atoms with E-state index >= 15 is 0 Å². The molecular formula is C11H14N4O. The number of benzene rings is 1. The van der Waals surface area contributed by atoms with Gasteiger partial charge >= 0.3 is 0 Å². The van der Waals surface area contributed by atoms with Gasteiger partial charge in [-0.05, 0) is 23.3 Å². The van der Waals surface area contributed by atoms with Crippen molar-refractivity contribution in [3.05, 3.63) is 41.2 Å². The van der Waals surface area contributed by atoms with Crippen LogP contribution in [0.4, 0.5) is 0 Å². The molecule has 84 valence electrons. The molecule has 0 amide bonds. The van der Waals surface area contributed by atoms with Gasteiger partial charge in [0.15, 0.2) is 5.82 Å². The molecule has 1 atom stereocenters. The maximum absolute atomic E-state index is 10.0. The van der Waals surface area contributed by atoms with E-state index in [2.05, 4.69) is 15.4 Å². The van der Waals surface area contributed by atoms with Gasteiger partial charge in [0, 0.05) is 6.42 Å². The first-order chi connectivity index (χ1) is 7.66. The van der Waals surface area contributed by atoms with E-state index in [0.29, 0.717) is 12.2 Å². The summed E-state index contributed by atoms with van der Waals surface area (Å²) in [7, 11) is 1.71. The van der Waals surface area contributed by atoms with E-state index in [-0.39, 0.29) is 0 Å². The average molecular weight is 218 g/mol. The molecule has 0 radical (unpaired) electrons. The highest BCUT2D eigenvalue weighted by atomic mass is 16.3. The summed E-state index contributed by atoms with van der Waals surface area (Å²) < 4.78 is 0. The van der Waals surface area contributed by atoms with Crippen LogP contribution in [0.2, 0.25) is 0 Å². The van der Waals surface area contributed by atoms with Crippen molar-refractivity contribution in [2.24, 2.45) is 7.05 Å². The van der Waals surface area contributed by atoms with E-state index in [9.17, 15) is 5.11 Å². The van der Waals surface area contributed by atoms with Crippen LogP contribution in [0.3, 0.4) is 0 Å². The van der Waals surface area contributed by atoms with Gasteiger partial charge in [0.05, 0.1) is 13.2 Å². The van der Waals surface area contributed by atoms with Gasteiger partial charge in [-0.3, -0.25) is 0 Å². The molecule has 0 saturated carbocycles. The van der Waals surface area contributed by atoms with Crippen LogP contribution < -0.4 is 0 Å². The molecule has 0 aliphatic rings. The summed E-state index contributed by atoms with van der Waals surface area (Å²) in [6, 6.07) is 7.75. The highest BCUT2D eigenvalue weighted by molar-refractivity contribution is 5.28. The maximum Gasteiger partial charge on any atom is 0.177 e. The summed E-state index contributed by atoms with van der Waals surface area (Å²) in [6.07, 6.45) is -0.191. The molecule has 5 nitrogen and oxygen atoms in total. The Morgan fingerprint density at radius 1 is 1.38 bits per heavy atom. The van der Waals surface area contributed by atoms with Crippen molar-refractivity contribution < 1.29 is 5.11 Å². The van der Waals surface area contributed by atoms with Crippen molar-refractivity contribution in [2.75, 3.05) is 0 Å². The number of aromatic nitrogens is 4.